The summed E-state index contributed by atoms with van der Waals surface area (Å²) >= 11 is 0. The van der Waals surface area contributed by atoms with Gasteiger partial charge in [0.1, 0.15) is 0 Å². The van der Waals surface area contributed by atoms with Crippen LogP contribution in [0.1, 0.15) is 6.42 Å². The number of hydrogen-bond acceptors (Lipinski definition) is 4. The summed E-state index contributed by atoms with van der Waals surface area (Å²) in [5.41, 5.74) is 5.23. The highest BCUT2D eigenvalue weighted by Crippen LogP contribution is 1.85. The van der Waals surface area contributed by atoms with Crippen LogP contribution < -0.4 is 11.1 Å². The lowest BCUT2D eigenvalue weighted by atomic mass is 10.4. The average molecular weight is 184 g/mol. The van der Waals surface area contributed by atoms with Crippen molar-refractivity contribution in [2.75, 3.05) is 20.2 Å². The van der Waals surface area contributed by atoms with Crippen LogP contribution in [0.3, 0.4) is 0 Å². The van der Waals surface area contributed by atoms with Crippen LogP contribution in [0.4, 0.5) is 0 Å². The molecule has 0 aliphatic heterocycles. The van der Waals surface area contributed by atoms with Gasteiger partial charge in [-0.2, -0.15) is 0 Å². The van der Waals surface area contributed by atoms with Gasteiger partial charge in [0.05, 0.1) is 6.61 Å². The van der Waals surface area contributed by atoms with Crippen LogP contribution >= 0.6 is 0 Å². The summed E-state index contributed by atoms with van der Waals surface area (Å²) in [6.07, 6.45) is 7.10. The lowest BCUT2D eigenvalue weighted by molar-refractivity contribution is -0.137. The Morgan fingerprint density at radius 1 is 1.54 bits per heavy atom. The van der Waals surface area contributed by atoms with Crippen LogP contribution in [0.5, 0.6) is 0 Å². The van der Waals surface area contributed by atoms with Crippen LogP contribution in [0.2, 0.25) is 0 Å². The van der Waals surface area contributed by atoms with Gasteiger partial charge in [-0.3, -0.25) is 0 Å². The Bertz CT molecular complexity index is 188. The predicted octanol–water partition coefficient (Wildman–Crippen LogP) is 0.168. The smallest absolute Gasteiger partial charge is 0.330 e. The van der Waals surface area contributed by atoms with Gasteiger partial charge in [0.2, 0.25) is 0 Å². The zero-order valence-electron chi connectivity index (χ0n) is 7.82. The number of allylic oxidation sites excluding steroid dienone is 2. The van der Waals surface area contributed by atoms with Gasteiger partial charge in [0, 0.05) is 13.1 Å². The number of nitrogens with two attached hydrogens (primary N) is 1. The molecule has 0 saturated heterocycles. The fourth-order valence-corrected chi connectivity index (χ4v) is 0.590. The highest BCUT2D eigenvalue weighted by molar-refractivity contribution is 5.82. The quantitative estimate of drug-likeness (QED) is 0.267. The topological polar surface area (TPSA) is 64.3 Å². The number of ether oxygens (including phenoxy) is 1. The number of carbonyl (C=O) groups is 1. The number of esters is 1. The Kier molecular flexibility index (Phi) is 7.93. The van der Waals surface area contributed by atoms with E-state index in [1.54, 1.807) is 25.4 Å². The monoisotopic (exact) mass is 184 g/mol. The fraction of sp³-hybridized carbons (Fsp3) is 0.444. The minimum absolute atomic E-state index is 0.339. The molecule has 13 heavy (non-hydrogen) atoms. The maximum atomic E-state index is 10.9. The summed E-state index contributed by atoms with van der Waals surface area (Å²) in [6, 6.07) is 0. The van der Waals surface area contributed by atoms with Gasteiger partial charge in [-0.1, -0.05) is 6.08 Å². The normalized spacial score (nSPS) is 10.9. The molecule has 3 N–H and O–H groups in total. The van der Waals surface area contributed by atoms with Crippen LogP contribution in [0, 0.1) is 0 Å². The molecule has 0 radical (unpaired) electrons. The second kappa shape index (κ2) is 8.80. The minimum atomic E-state index is -0.339. The van der Waals surface area contributed by atoms with Crippen LogP contribution in [-0.2, 0) is 9.53 Å². The van der Waals surface area contributed by atoms with Gasteiger partial charge in [0.15, 0.2) is 0 Å². The zero-order valence-corrected chi connectivity index (χ0v) is 7.82. The van der Waals surface area contributed by atoms with E-state index in [9.17, 15) is 4.79 Å². The third-order valence-corrected chi connectivity index (χ3v) is 1.20. The molecule has 0 heterocycles. The molecular weight excluding hydrogens is 168 g/mol. The van der Waals surface area contributed by atoms with Crippen molar-refractivity contribution in [2.24, 2.45) is 5.73 Å². The van der Waals surface area contributed by atoms with E-state index < -0.39 is 0 Å². The van der Waals surface area contributed by atoms with E-state index >= 15 is 0 Å². The third kappa shape index (κ3) is 8.62. The lowest BCUT2D eigenvalue weighted by Gasteiger charge is -1.97. The molecule has 0 unspecified atom stereocenters. The van der Waals surface area contributed by atoms with E-state index in [-0.39, 0.29) is 5.97 Å². The van der Waals surface area contributed by atoms with E-state index in [0.717, 1.165) is 0 Å². The second-order valence-electron chi connectivity index (χ2n) is 2.32. The maximum Gasteiger partial charge on any atom is 0.330 e. The number of rotatable bonds is 6. The highest BCUT2D eigenvalue weighted by atomic mass is 16.5. The van der Waals surface area contributed by atoms with Crippen LogP contribution in [-0.4, -0.2) is 26.2 Å². The summed E-state index contributed by atoms with van der Waals surface area (Å²) in [4.78, 5) is 10.9. The molecule has 4 nitrogen and oxygen atoms in total. The van der Waals surface area contributed by atoms with Crippen molar-refractivity contribution in [3.63, 3.8) is 0 Å². The molecule has 0 aliphatic rings. The molecular formula is C9H16N2O2. The number of nitrogens with one attached hydrogen (secondary N) is 1. The molecule has 4 heteroatoms. The van der Waals surface area contributed by atoms with Gasteiger partial charge in [0.25, 0.3) is 0 Å². The maximum absolute atomic E-state index is 10.9. The largest absolute Gasteiger partial charge is 0.462 e. The third-order valence-electron chi connectivity index (χ3n) is 1.20. The summed E-state index contributed by atoms with van der Waals surface area (Å²) < 4.78 is 4.80. The molecule has 0 amide bonds. The molecule has 0 aromatic rings. The van der Waals surface area contributed by atoms with Crippen molar-refractivity contribution >= 4 is 5.97 Å². The Morgan fingerprint density at radius 2 is 2.31 bits per heavy atom. The first-order valence-corrected chi connectivity index (χ1v) is 4.18. The van der Waals surface area contributed by atoms with Crippen molar-refractivity contribution < 1.29 is 9.53 Å². The summed E-state index contributed by atoms with van der Waals surface area (Å²) in [6.45, 7) is 0.923. The molecule has 0 aliphatic carbocycles. The van der Waals surface area contributed by atoms with Gasteiger partial charge in [-0.15, -0.1) is 0 Å². The predicted molar refractivity (Wildman–Crippen MR) is 52.0 cm³/mol. The van der Waals surface area contributed by atoms with E-state index in [1.807, 2.05) is 0 Å². The second-order valence-corrected chi connectivity index (χ2v) is 2.32. The first-order chi connectivity index (χ1) is 6.31. The summed E-state index contributed by atoms with van der Waals surface area (Å²) in [5, 5.41) is 2.79. The average Bonchev–Trinajstić information content (AvgIpc) is 2.13. The minimum Gasteiger partial charge on any atom is -0.462 e. The summed E-state index contributed by atoms with van der Waals surface area (Å²) in [5.74, 6) is -0.339. The standard InChI is InChI=1S/C9H16N2O2/c1-11-7-3-2-5-9(12)13-8-4-6-10/h2-3,5,7,11H,4,6,8,10H2,1H3/b5-2+,7-3+. The Labute approximate surface area is 78.4 Å². The van der Waals surface area contributed by atoms with Gasteiger partial charge < -0.3 is 15.8 Å². The fourth-order valence-electron chi connectivity index (χ4n) is 0.590. The van der Waals surface area contributed by atoms with Gasteiger partial charge in [-0.25, -0.2) is 4.79 Å². The van der Waals surface area contributed by atoms with Crippen LogP contribution in [0.15, 0.2) is 24.4 Å². The molecule has 0 fully saturated rings. The van der Waals surface area contributed by atoms with Crippen LogP contribution in [0.25, 0.3) is 0 Å². The molecule has 0 atom stereocenters. The van der Waals surface area contributed by atoms with Gasteiger partial charge >= 0.3 is 5.97 Å². The number of hydrogen-bond donors (Lipinski definition) is 2. The van der Waals surface area contributed by atoms with Gasteiger partial charge in [-0.05, 0) is 25.2 Å². The highest BCUT2D eigenvalue weighted by Gasteiger charge is 1.93. The first kappa shape index (κ1) is 11.7. The van der Waals surface area contributed by atoms with Crippen molar-refractivity contribution in [3.8, 4) is 0 Å². The summed E-state index contributed by atoms with van der Waals surface area (Å²) in [7, 11) is 1.78. The molecule has 0 bridgehead atoms. The van der Waals surface area contributed by atoms with E-state index in [2.05, 4.69) is 5.32 Å². The molecule has 74 valence electrons. The van der Waals surface area contributed by atoms with Crippen molar-refractivity contribution in [3.05, 3.63) is 24.4 Å². The van der Waals surface area contributed by atoms with Crippen molar-refractivity contribution in [1.82, 2.24) is 5.32 Å². The molecule has 0 saturated carbocycles. The first-order valence-electron chi connectivity index (χ1n) is 4.18. The molecule has 0 aromatic heterocycles. The van der Waals surface area contributed by atoms with E-state index in [0.29, 0.717) is 19.6 Å². The SMILES string of the molecule is CN/C=C/C=C/C(=O)OCCCN. The Hall–Kier alpha value is -1.29. The Morgan fingerprint density at radius 3 is 2.92 bits per heavy atom. The van der Waals surface area contributed by atoms with E-state index in [1.165, 1.54) is 6.08 Å². The zero-order chi connectivity index (χ0) is 9.94. The van der Waals surface area contributed by atoms with Crippen molar-refractivity contribution in [1.29, 1.82) is 0 Å². The molecule has 0 rings (SSSR count). The molecule has 0 spiro atoms. The van der Waals surface area contributed by atoms with E-state index in [4.69, 9.17) is 10.5 Å². The van der Waals surface area contributed by atoms with Crippen molar-refractivity contribution in [2.45, 2.75) is 6.42 Å². The Balaban J connectivity index is 3.49. The number of carbonyl (C=O) groups excluding carboxylic acids is 1. The molecule has 0 aromatic carbocycles. The lowest BCUT2D eigenvalue weighted by Crippen LogP contribution is -2.07.